The van der Waals surface area contributed by atoms with E-state index in [4.69, 9.17) is 4.84 Å². The highest BCUT2D eigenvalue weighted by Crippen LogP contribution is 2.29. The monoisotopic (exact) mass is 310 g/mol. The van der Waals surface area contributed by atoms with Gasteiger partial charge in [-0.05, 0) is 25.2 Å². The third-order valence-electron chi connectivity index (χ3n) is 4.47. The van der Waals surface area contributed by atoms with Gasteiger partial charge in [0.1, 0.15) is 0 Å². The van der Waals surface area contributed by atoms with Crippen LogP contribution in [-0.2, 0) is 9.63 Å². The first kappa shape index (κ1) is 17.3. The van der Waals surface area contributed by atoms with Crippen LogP contribution in [0.4, 0.5) is 0 Å². The Labute approximate surface area is 132 Å². The van der Waals surface area contributed by atoms with Crippen molar-refractivity contribution < 1.29 is 19.7 Å². The third-order valence-corrected chi connectivity index (χ3v) is 4.47. The lowest BCUT2D eigenvalue weighted by Crippen LogP contribution is -2.50. The molecule has 1 aliphatic carbocycles. The van der Waals surface area contributed by atoms with Crippen LogP contribution >= 0.6 is 0 Å². The molecule has 1 fully saturated rings. The highest BCUT2D eigenvalue weighted by atomic mass is 16.6. The lowest BCUT2D eigenvalue weighted by atomic mass is 9.75. The molecule has 7 heteroatoms. The zero-order chi connectivity index (χ0) is 16.1. The summed E-state index contributed by atoms with van der Waals surface area (Å²) < 4.78 is 0. The molecular formula is C15H27BN2O4. The standard InChI is InChI=1S/C15H27BN2O4/c1-10(2)8-14(16(20)21)17-15(19)13-9-12(18-22-13)11-6-4-3-5-7-11/h10-11,13-14,20-21H,3-9H2,1-2H3,(H,17,19)/t13?,14-/m0/s1. The Morgan fingerprint density at radius 2 is 2.05 bits per heavy atom. The number of carbonyl (C=O) groups excluding carboxylic acids is 1. The number of nitrogens with zero attached hydrogens (tertiary/aromatic N) is 1. The van der Waals surface area contributed by atoms with Gasteiger partial charge in [-0.1, -0.05) is 38.3 Å². The number of rotatable bonds is 6. The minimum atomic E-state index is -1.56. The van der Waals surface area contributed by atoms with Gasteiger partial charge in [-0.15, -0.1) is 0 Å². The van der Waals surface area contributed by atoms with Gasteiger partial charge in [0.25, 0.3) is 5.91 Å². The molecule has 1 aliphatic heterocycles. The molecule has 2 aliphatic rings. The Hall–Kier alpha value is -1.08. The van der Waals surface area contributed by atoms with Gasteiger partial charge in [-0.25, -0.2) is 0 Å². The van der Waals surface area contributed by atoms with E-state index in [2.05, 4.69) is 10.5 Å². The van der Waals surface area contributed by atoms with Crippen molar-refractivity contribution >= 4 is 18.7 Å². The van der Waals surface area contributed by atoms with Crippen LogP contribution in [0.1, 0.15) is 58.8 Å². The lowest BCUT2D eigenvalue weighted by molar-refractivity contribution is -0.131. The molecule has 0 bridgehead atoms. The van der Waals surface area contributed by atoms with E-state index in [0.29, 0.717) is 18.8 Å². The molecule has 1 saturated carbocycles. The minimum absolute atomic E-state index is 0.255. The maximum atomic E-state index is 12.2. The average molecular weight is 310 g/mol. The zero-order valence-electron chi connectivity index (χ0n) is 13.5. The van der Waals surface area contributed by atoms with Crippen LogP contribution in [0.3, 0.4) is 0 Å². The van der Waals surface area contributed by atoms with E-state index in [-0.39, 0.29) is 11.8 Å². The summed E-state index contributed by atoms with van der Waals surface area (Å²) in [6.07, 6.45) is 6.36. The van der Waals surface area contributed by atoms with Gasteiger partial charge in [0.2, 0.25) is 6.10 Å². The van der Waals surface area contributed by atoms with Gasteiger partial charge >= 0.3 is 7.12 Å². The molecule has 3 N–H and O–H groups in total. The fourth-order valence-corrected chi connectivity index (χ4v) is 3.25. The van der Waals surface area contributed by atoms with Gasteiger partial charge in [-0.2, -0.15) is 0 Å². The Morgan fingerprint density at radius 1 is 1.36 bits per heavy atom. The Morgan fingerprint density at radius 3 is 2.64 bits per heavy atom. The quantitative estimate of drug-likeness (QED) is 0.644. The molecule has 0 radical (unpaired) electrons. The van der Waals surface area contributed by atoms with Crippen LogP contribution in [0.2, 0.25) is 0 Å². The summed E-state index contributed by atoms with van der Waals surface area (Å²) in [7, 11) is -1.56. The number of hydrogen-bond donors (Lipinski definition) is 3. The first-order valence-corrected chi connectivity index (χ1v) is 8.36. The first-order chi connectivity index (χ1) is 10.5. The average Bonchev–Trinajstić information content (AvgIpc) is 2.96. The largest absolute Gasteiger partial charge is 0.475 e. The van der Waals surface area contributed by atoms with Crippen LogP contribution in [0.5, 0.6) is 0 Å². The topological polar surface area (TPSA) is 91.2 Å². The van der Waals surface area contributed by atoms with Gasteiger partial charge < -0.3 is 20.2 Å². The maximum absolute atomic E-state index is 12.2. The summed E-state index contributed by atoms with van der Waals surface area (Å²) in [5, 5.41) is 25.5. The molecule has 1 unspecified atom stereocenters. The number of hydrogen-bond acceptors (Lipinski definition) is 5. The Kier molecular flexibility index (Phi) is 6.26. The van der Waals surface area contributed by atoms with Crippen molar-refractivity contribution in [2.45, 2.75) is 70.8 Å². The van der Waals surface area contributed by atoms with Crippen molar-refractivity contribution in [3.05, 3.63) is 0 Å². The van der Waals surface area contributed by atoms with E-state index in [1.165, 1.54) is 19.3 Å². The summed E-state index contributed by atoms with van der Waals surface area (Å²) in [4.78, 5) is 17.5. The molecule has 2 atom stereocenters. The van der Waals surface area contributed by atoms with Gasteiger partial charge in [0.05, 0.1) is 11.7 Å². The van der Waals surface area contributed by atoms with Crippen molar-refractivity contribution in [3.63, 3.8) is 0 Å². The van der Waals surface area contributed by atoms with Crippen LogP contribution in [0.25, 0.3) is 0 Å². The van der Waals surface area contributed by atoms with Crippen molar-refractivity contribution in [1.29, 1.82) is 0 Å². The van der Waals surface area contributed by atoms with E-state index in [9.17, 15) is 14.8 Å². The second-order valence-corrected chi connectivity index (χ2v) is 6.87. The normalized spacial score (nSPS) is 23.9. The molecule has 0 spiro atoms. The van der Waals surface area contributed by atoms with Crippen LogP contribution in [0.15, 0.2) is 5.16 Å². The van der Waals surface area contributed by atoms with Crippen molar-refractivity contribution in [1.82, 2.24) is 5.32 Å². The van der Waals surface area contributed by atoms with E-state index < -0.39 is 19.2 Å². The molecule has 0 saturated heterocycles. The third kappa shape index (κ3) is 4.71. The zero-order valence-corrected chi connectivity index (χ0v) is 13.5. The molecule has 1 heterocycles. The van der Waals surface area contributed by atoms with Crippen molar-refractivity contribution in [3.8, 4) is 0 Å². The highest BCUT2D eigenvalue weighted by Gasteiger charge is 2.35. The molecule has 6 nitrogen and oxygen atoms in total. The molecule has 0 aromatic carbocycles. The molecule has 0 aromatic heterocycles. The molecule has 22 heavy (non-hydrogen) atoms. The second kappa shape index (κ2) is 7.97. The summed E-state index contributed by atoms with van der Waals surface area (Å²) in [6, 6.07) is 0. The van der Waals surface area contributed by atoms with Crippen molar-refractivity contribution in [2.75, 3.05) is 0 Å². The van der Waals surface area contributed by atoms with Gasteiger partial charge in [-0.3, -0.25) is 4.79 Å². The SMILES string of the molecule is CC(C)C[C@H](NC(=O)C1CC(C2CCCCC2)=NO1)B(O)O. The van der Waals surface area contributed by atoms with E-state index in [0.717, 1.165) is 18.6 Å². The molecule has 2 rings (SSSR count). The molecule has 1 amide bonds. The number of carbonyl (C=O) groups is 1. The van der Waals surface area contributed by atoms with Gasteiger partial charge in [0, 0.05) is 12.3 Å². The number of amides is 1. The maximum Gasteiger partial charge on any atom is 0.475 e. The lowest BCUT2D eigenvalue weighted by Gasteiger charge is -2.22. The van der Waals surface area contributed by atoms with Gasteiger partial charge in [0.15, 0.2) is 0 Å². The van der Waals surface area contributed by atoms with Crippen LogP contribution in [-0.4, -0.2) is 40.8 Å². The number of nitrogens with one attached hydrogen (secondary N) is 1. The van der Waals surface area contributed by atoms with E-state index >= 15 is 0 Å². The van der Waals surface area contributed by atoms with E-state index in [1.54, 1.807) is 0 Å². The Balaban J connectivity index is 1.83. The van der Waals surface area contributed by atoms with Crippen LogP contribution in [0, 0.1) is 11.8 Å². The predicted molar refractivity (Wildman–Crippen MR) is 85.1 cm³/mol. The number of oxime groups is 1. The summed E-state index contributed by atoms with van der Waals surface area (Å²) in [5.41, 5.74) is 0.991. The summed E-state index contributed by atoms with van der Waals surface area (Å²) in [5.74, 6) is -0.282. The second-order valence-electron chi connectivity index (χ2n) is 6.87. The van der Waals surface area contributed by atoms with Crippen LogP contribution < -0.4 is 5.32 Å². The first-order valence-electron chi connectivity index (χ1n) is 8.36. The molecule has 0 aromatic rings. The fourth-order valence-electron chi connectivity index (χ4n) is 3.25. The molecular weight excluding hydrogens is 283 g/mol. The Bertz CT molecular complexity index is 408. The molecule has 124 valence electrons. The van der Waals surface area contributed by atoms with E-state index in [1.807, 2.05) is 13.8 Å². The summed E-state index contributed by atoms with van der Waals surface area (Å²) >= 11 is 0. The fraction of sp³-hybridized carbons (Fsp3) is 0.867. The minimum Gasteiger partial charge on any atom is -0.426 e. The van der Waals surface area contributed by atoms with Crippen molar-refractivity contribution in [2.24, 2.45) is 17.0 Å². The summed E-state index contributed by atoms with van der Waals surface area (Å²) in [6.45, 7) is 3.94. The smallest absolute Gasteiger partial charge is 0.426 e. The predicted octanol–water partition coefficient (Wildman–Crippen LogP) is 1.25. The highest BCUT2D eigenvalue weighted by molar-refractivity contribution is 6.43.